The number of nitrogens with zero attached hydrogens (tertiary/aromatic N) is 3. The molecule has 7 heteroatoms. The van der Waals surface area contributed by atoms with Crippen molar-refractivity contribution in [2.45, 2.75) is 13.3 Å². The number of nitrogens with one attached hydrogen (secondary N) is 1. The minimum atomic E-state index is -0.106. The van der Waals surface area contributed by atoms with Crippen LogP contribution in [0.4, 0.5) is 11.6 Å². The van der Waals surface area contributed by atoms with E-state index < -0.39 is 0 Å². The molecule has 0 spiro atoms. The van der Waals surface area contributed by atoms with Gasteiger partial charge in [-0.3, -0.25) is 9.78 Å². The number of hydrogen-bond donors (Lipinski definition) is 1. The molecule has 0 atom stereocenters. The molecule has 1 aliphatic heterocycles. The predicted octanol–water partition coefficient (Wildman–Crippen LogP) is 3.68. The molecule has 2 heterocycles. The highest BCUT2D eigenvalue weighted by atomic mass is 35.5. The van der Waals surface area contributed by atoms with Crippen molar-refractivity contribution in [1.29, 1.82) is 0 Å². The Bertz CT molecular complexity index is 1050. The zero-order chi connectivity index (χ0) is 20.9. The van der Waals surface area contributed by atoms with Gasteiger partial charge in [0.05, 0.1) is 17.3 Å². The Morgan fingerprint density at radius 3 is 2.37 bits per heavy atom. The lowest BCUT2D eigenvalue weighted by molar-refractivity contribution is 0.321. The second kappa shape index (κ2) is 9.22. The van der Waals surface area contributed by atoms with Crippen LogP contribution < -0.4 is 20.1 Å². The molecule has 1 saturated heterocycles. The summed E-state index contributed by atoms with van der Waals surface area (Å²) in [6.45, 7) is 5.65. The summed E-state index contributed by atoms with van der Waals surface area (Å²) in [6, 6.07) is 17.7. The number of aryl methyl sites for hydroxylation is 1. The monoisotopic (exact) mass is 424 g/mol. The summed E-state index contributed by atoms with van der Waals surface area (Å²) in [5.41, 5.74) is 2.50. The van der Waals surface area contributed by atoms with Crippen molar-refractivity contribution in [1.82, 2.24) is 9.97 Å². The Morgan fingerprint density at radius 2 is 1.67 bits per heavy atom. The first kappa shape index (κ1) is 20.3. The highest BCUT2D eigenvalue weighted by Gasteiger charge is 2.20. The maximum Gasteiger partial charge on any atom is 0.255 e. The van der Waals surface area contributed by atoms with Gasteiger partial charge in [-0.25, -0.2) is 4.98 Å². The number of ether oxygens (including phenoxy) is 1. The molecule has 4 rings (SSSR count). The van der Waals surface area contributed by atoms with Crippen molar-refractivity contribution in [2.24, 2.45) is 0 Å². The average Bonchev–Trinajstić information content (AvgIpc) is 2.77. The van der Waals surface area contributed by atoms with Gasteiger partial charge in [0.15, 0.2) is 0 Å². The Kier molecular flexibility index (Phi) is 6.23. The van der Waals surface area contributed by atoms with E-state index in [2.05, 4.69) is 44.0 Å². The third-order valence-electron chi connectivity index (χ3n) is 5.36. The van der Waals surface area contributed by atoms with E-state index in [4.69, 9.17) is 16.3 Å². The Balaban J connectivity index is 1.38. The van der Waals surface area contributed by atoms with Crippen LogP contribution in [-0.4, -0.2) is 42.8 Å². The van der Waals surface area contributed by atoms with E-state index in [-0.39, 0.29) is 5.56 Å². The zero-order valence-corrected chi connectivity index (χ0v) is 17.7. The number of halogens is 1. The molecule has 156 valence electrons. The van der Waals surface area contributed by atoms with Crippen molar-refractivity contribution in [3.05, 3.63) is 81.2 Å². The van der Waals surface area contributed by atoms with Crippen LogP contribution in [-0.2, 0) is 6.42 Å². The molecule has 2 aromatic carbocycles. The fourth-order valence-electron chi connectivity index (χ4n) is 3.68. The molecular weight excluding hydrogens is 400 g/mol. The van der Waals surface area contributed by atoms with Crippen molar-refractivity contribution >= 4 is 23.2 Å². The van der Waals surface area contributed by atoms with E-state index in [9.17, 15) is 4.79 Å². The van der Waals surface area contributed by atoms with Crippen LogP contribution in [0.2, 0.25) is 5.02 Å². The van der Waals surface area contributed by atoms with Crippen molar-refractivity contribution in [2.75, 3.05) is 42.6 Å². The van der Waals surface area contributed by atoms with Gasteiger partial charge < -0.3 is 14.5 Å². The minimum absolute atomic E-state index is 0.106. The van der Waals surface area contributed by atoms with Crippen LogP contribution >= 0.6 is 11.6 Å². The second-order valence-corrected chi connectivity index (χ2v) is 7.70. The van der Waals surface area contributed by atoms with Crippen LogP contribution in [0.25, 0.3) is 0 Å². The Hall–Kier alpha value is -2.99. The molecule has 0 radical (unpaired) electrons. The van der Waals surface area contributed by atoms with Crippen LogP contribution in [0.5, 0.6) is 5.75 Å². The summed E-state index contributed by atoms with van der Waals surface area (Å²) >= 11 is 6.11. The van der Waals surface area contributed by atoms with Gasteiger partial charge in [0, 0.05) is 43.9 Å². The highest BCUT2D eigenvalue weighted by molar-refractivity contribution is 6.32. The molecule has 3 aromatic rings. The van der Waals surface area contributed by atoms with Gasteiger partial charge >= 0.3 is 0 Å². The fourth-order valence-corrected chi connectivity index (χ4v) is 3.87. The standard InChI is InChI=1S/C23H25ClN4O2/c1-17-19(11-16-30-21-10-6-5-9-20(21)24)22(29)26-23(25-17)28-14-12-27(13-15-28)18-7-3-2-4-8-18/h2-10H,11-16H2,1H3,(H,25,26,29). The van der Waals surface area contributed by atoms with Crippen LogP contribution in [0.15, 0.2) is 59.4 Å². The minimum Gasteiger partial charge on any atom is -0.492 e. The highest BCUT2D eigenvalue weighted by Crippen LogP contribution is 2.23. The van der Waals surface area contributed by atoms with Crippen LogP contribution in [0, 0.1) is 6.92 Å². The van der Waals surface area contributed by atoms with E-state index in [1.54, 1.807) is 6.07 Å². The normalized spacial score (nSPS) is 14.1. The SMILES string of the molecule is Cc1nc(N2CCN(c3ccccc3)CC2)[nH]c(=O)c1CCOc1ccccc1Cl. The van der Waals surface area contributed by atoms with Crippen molar-refractivity contribution in [3.8, 4) is 5.75 Å². The van der Waals surface area contributed by atoms with E-state index >= 15 is 0 Å². The molecule has 0 aliphatic carbocycles. The maximum atomic E-state index is 12.7. The number of benzene rings is 2. The van der Waals surface area contributed by atoms with Crippen LogP contribution in [0.3, 0.4) is 0 Å². The smallest absolute Gasteiger partial charge is 0.255 e. The fraction of sp³-hybridized carbons (Fsp3) is 0.304. The van der Waals surface area contributed by atoms with Gasteiger partial charge in [-0.05, 0) is 31.2 Å². The zero-order valence-electron chi connectivity index (χ0n) is 17.0. The van der Waals surface area contributed by atoms with Crippen molar-refractivity contribution < 1.29 is 4.74 Å². The first-order valence-electron chi connectivity index (χ1n) is 10.1. The number of aromatic nitrogens is 2. The van der Waals surface area contributed by atoms with Crippen molar-refractivity contribution in [3.63, 3.8) is 0 Å². The molecule has 0 saturated carbocycles. The third kappa shape index (κ3) is 4.60. The molecule has 0 unspecified atom stereocenters. The molecular formula is C23H25ClN4O2. The lowest BCUT2D eigenvalue weighted by Gasteiger charge is -2.36. The molecule has 0 bridgehead atoms. The first-order valence-corrected chi connectivity index (χ1v) is 10.5. The lowest BCUT2D eigenvalue weighted by Crippen LogP contribution is -2.47. The average molecular weight is 425 g/mol. The molecule has 1 fully saturated rings. The molecule has 1 aliphatic rings. The second-order valence-electron chi connectivity index (χ2n) is 7.29. The van der Waals surface area contributed by atoms with E-state index in [1.165, 1.54) is 5.69 Å². The number of para-hydroxylation sites is 2. The summed E-state index contributed by atoms with van der Waals surface area (Å²) in [7, 11) is 0. The summed E-state index contributed by atoms with van der Waals surface area (Å²) in [4.78, 5) is 24.8. The largest absolute Gasteiger partial charge is 0.492 e. The van der Waals surface area contributed by atoms with E-state index in [1.807, 2.05) is 31.2 Å². The van der Waals surface area contributed by atoms with Gasteiger partial charge in [0.2, 0.25) is 5.95 Å². The quantitative estimate of drug-likeness (QED) is 0.654. The van der Waals surface area contributed by atoms with Gasteiger partial charge in [0.1, 0.15) is 5.75 Å². The van der Waals surface area contributed by atoms with Crippen LogP contribution in [0.1, 0.15) is 11.3 Å². The number of hydrogen-bond acceptors (Lipinski definition) is 5. The lowest BCUT2D eigenvalue weighted by atomic mass is 10.2. The molecule has 1 aromatic heterocycles. The first-order chi connectivity index (χ1) is 14.6. The van der Waals surface area contributed by atoms with Gasteiger partial charge in [-0.2, -0.15) is 0 Å². The topological polar surface area (TPSA) is 61.5 Å². The molecule has 1 N–H and O–H groups in total. The number of rotatable bonds is 6. The number of H-pyrrole nitrogens is 1. The summed E-state index contributed by atoms with van der Waals surface area (Å²) in [6.07, 6.45) is 0.474. The number of anilines is 2. The Morgan fingerprint density at radius 1 is 1.00 bits per heavy atom. The summed E-state index contributed by atoms with van der Waals surface area (Å²) < 4.78 is 5.72. The van der Waals surface area contributed by atoms with E-state index in [0.29, 0.717) is 35.3 Å². The molecule has 6 nitrogen and oxygen atoms in total. The number of piperazine rings is 1. The maximum absolute atomic E-state index is 12.7. The predicted molar refractivity (Wildman–Crippen MR) is 121 cm³/mol. The van der Waals surface area contributed by atoms with E-state index in [0.717, 1.165) is 31.9 Å². The number of aromatic amines is 1. The van der Waals surface area contributed by atoms with Gasteiger partial charge in [-0.1, -0.05) is 41.9 Å². The molecule has 30 heavy (non-hydrogen) atoms. The summed E-state index contributed by atoms with van der Waals surface area (Å²) in [5.74, 6) is 1.26. The summed E-state index contributed by atoms with van der Waals surface area (Å²) in [5, 5.41) is 0.561. The molecule has 0 amide bonds. The van der Waals surface area contributed by atoms with Gasteiger partial charge in [-0.15, -0.1) is 0 Å². The van der Waals surface area contributed by atoms with Gasteiger partial charge in [0.25, 0.3) is 5.56 Å². The Labute approximate surface area is 181 Å². The third-order valence-corrected chi connectivity index (χ3v) is 5.67.